The lowest BCUT2D eigenvalue weighted by atomic mass is 9.98. The molecule has 0 aliphatic rings. The van der Waals surface area contributed by atoms with Gasteiger partial charge in [0, 0.05) is 21.9 Å². The van der Waals surface area contributed by atoms with Gasteiger partial charge in [0.1, 0.15) is 5.82 Å². The molecule has 19 heavy (non-hydrogen) atoms. The number of aromatic nitrogens is 1. The molecule has 2 rings (SSSR count). The zero-order chi connectivity index (χ0) is 14.0. The molecule has 0 aliphatic heterocycles. The van der Waals surface area contributed by atoms with Gasteiger partial charge in [0.05, 0.1) is 11.1 Å². The van der Waals surface area contributed by atoms with Crippen molar-refractivity contribution in [1.29, 1.82) is 0 Å². The summed E-state index contributed by atoms with van der Waals surface area (Å²) in [6, 6.07) is 6.85. The van der Waals surface area contributed by atoms with Crippen molar-refractivity contribution in [3.63, 3.8) is 0 Å². The minimum absolute atomic E-state index is 0.353. The number of nitrogen functional groups attached to an aromatic ring is 2. The van der Waals surface area contributed by atoms with Crippen LogP contribution in [0.1, 0.15) is 17.2 Å². The summed E-state index contributed by atoms with van der Waals surface area (Å²) in [7, 11) is 0. The average Bonchev–Trinajstić information content (AvgIpc) is 2.38. The van der Waals surface area contributed by atoms with Crippen molar-refractivity contribution in [2.45, 2.75) is 6.04 Å². The van der Waals surface area contributed by atoms with Crippen LogP contribution in [0.2, 0.25) is 5.02 Å². The van der Waals surface area contributed by atoms with Crippen molar-refractivity contribution in [3.8, 4) is 0 Å². The van der Waals surface area contributed by atoms with E-state index in [4.69, 9.17) is 28.9 Å². The van der Waals surface area contributed by atoms with Crippen molar-refractivity contribution in [1.82, 2.24) is 10.4 Å². The summed E-state index contributed by atoms with van der Waals surface area (Å²) < 4.78 is 0.894. The lowest BCUT2D eigenvalue weighted by molar-refractivity contribution is 0.638. The topological polar surface area (TPSA) is 103 Å². The number of nitrogens with two attached hydrogens (primary N) is 3. The Bertz CT molecular complexity index is 553. The number of hydrogen-bond donors (Lipinski definition) is 4. The van der Waals surface area contributed by atoms with E-state index < -0.39 is 0 Å². The van der Waals surface area contributed by atoms with Gasteiger partial charge in [0.25, 0.3) is 0 Å². The number of benzene rings is 1. The number of hydrazine groups is 1. The highest BCUT2D eigenvalue weighted by Gasteiger charge is 2.19. The molecule has 0 saturated carbocycles. The van der Waals surface area contributed by atoms with E-state index in [1.807, 2.05) is 12.1 Å². The molecule has 0 saturated heterocycles. The normalized spacial score (nSPS) is 12.4. The van der Waals surface area contributed by atoms with Gasteiger partial charge in [-0.25, -0.2) is 10.4 Å². The molecule has 2 aromatic rings. The van der Waals surface area contributed by atoms with Gasteiger partial charge in [-0.1, -0.05) is 27.5 Å². The van der Waals surface area contributed by atoms with E-state index in [2.05, 4.69) is 26.3 Å². The van der Waals surface area contributed by atoms with Crippen molar-refractivity contribution in [3.05, 3.63) is 51.1 Å². The minimum Gasteiger partial charge on any atom is -0.398 e. The largest absolute Gasteiger partial charge is 0.398 e. The lowest BCUT2D eigenvalue weighted by Crippen LogP contribution is -2.30. The second-order valence-corrected chi connectivity index (χ2v) is 5.35. The molecular weight excluding hydrogens is 330 g/mol. The number of rotatable bonds is 3. The lowest BCUT2D eigenvalue weighted by Gasteiger charge is -2.20. The second-order valence-electron chi connectivity index (χ2n) is 4.00. The van der Waals surface area contributed by atoms with Gasteiger partial charge in [-0.2, -0.15) is 0 Å². The first-order chi connectivity index (χ1) is 9.02. The van der Waals surface area contributed by atoms with Crippen LogP contribution in [0.15, 0.2) is 34.9 Å². The molecule has 1 aromatic heterocycles. The highest BCUT2D eigenvalue weighted by Crippen LogP contribution is 2.32. The molecule has 1 aromatic carbocycles. The molecule has 7 heteroatoms. The molecule has 1 atom stereocenters. The van der Waals surface area contributed by atoms with E-state index in [-0.39, 0.29) is 6.04 Å². The fraction of sp³-hybridized carbons (Fsp3) is 0.0833. The predicted molar refractivity (Wildman–Crippen MR) is 81.4 cm³/mol. The summed E-state index contributed by atoms with van der Waals surface area (Å²) in [5, 5.41) is 0.484. The molecule has 1 unspecified atom stereocenters. The number of nitrogens with zero attached hydrogens (tertiary/aromatic N) is 1. The Hall–Kier alpha value is -1.34. The fourth-order valence-corrected chi connectivity index (χ4v) is 2.38. The van der Waals surface area contributed by atoms with Crippen molar-refractivity contribution in [2.75, 3.05) is 11.5 Å². The van der Waals surface area contributed by atoms with Crippen LogP contribution in [0, 0.1) is 0 Å². The van der Waals surface area contributed by atoms with E-state index in [1.54, 1.807) is 12.1 Å². The highest BCUT2D eigenvalue weighted by atomic mass is 79.9. The molecule has 0 bridgehead atoms. The summed E-state index contributed by atoms with van der Waals surface area (Å²) >= 11 is 9.35. The molecular formula is C12H13BrClN5. The molecule has 1 heterocycles. The Balaban J connectivity index is 2.55. The van der Waals surface area contributed by atoms with Crippen LogP contribution in [-0.4, -0.2) is 4.98 Å². The van der Waals surface area contributed by atoms with Crippen LogP contribution in [-0.2, 0) is 0 Å². The van der Waals surface area contributed by atoms with Crippen LogP contribution < -0.4 is 22.7 Å². The van der Waals surface area contributed by atoms with Crippen LogP contribution in [0.3, 0.4) is 0 Å². The maximum Gasteiger partial charge on any atom is 0.128 e. The van der Waals surface area contributed by atoms with E-state index in [0.29, 0.717) is 22.1 Å². The third kappa shape index (κ3) is 2.98. The maximum absolute atomic E-state index is 5.98. The van der Waals surface area contributed by atoms with Gasteiger partial charge in [0.15, 0.2) is 0 Å². The molecule has 5 nitrogen and oxygen atoms in total. The molecule has 0 amide bonds. The number of nitrogens with one attached hydrogen (secondary N) is 1. The monoisotopic (exact) mass is 341 g/mol. The molecule has 0 aliphatic carbocycles. The Morgan fingerprint density at radius 1 is 1.21 bits per heavy atom. The van der Waals surface area contributed by atoms with Gasteiger partial charge in [-0.3, -0.25) is 5.84 Å². The van der Waals surface area contributed by atoms with E-state index in [0.717, 1.165) is 10.0 Å². The third-order valence-corrected chi connectivity index (χ3v) is 3.45. The van der Waals surface area contributed by atoms with Crippen LogP contribution in [0.4, 0.5) is 11.5 Å². The standard InChI is InChI=1S/C12H13BrClN5/c13-6-1-2-10(15)8(3-6)11(19-17)9-4-7(14)5-18-12(9)16/h1-5,11,19H,15,17H2,(H2,16,18). The first-order valence-electron chi connectivity index (χ1n) is 5.45. The molecule has 0 radical (unpaired) electrons. The average molecular weight is 343 g/mol. The summed E-state index contributed by atoms with van der Waals surface area (Å²) in [5.41, 5.74) is 16.6. The van der Waals surface area contributed by atoms with Crippen molar-refractivity contribution < 1.29 is 0 Å². The van der Waals surface area contributed by atoms with Gasteiger partial charge in [-0.15, -0.1) is 0 Å². The van der Waals surface area contributed by atoms with Crippen LogP contribution in [0.5, 0.6) is 0 Å². The van der Waals surface area contributed by atoms with Crippen LogP contribution >= 0.6 is 27.5 Å². The molecule has 0 fully saturated rings. The Labute approximate surface area is 124 Å². The van der Waals surface area contributed by atoms with Crippen molar-refractivity contribution in [2.24, 2.45) is 5.84 Å². The second kappa shape index (κ2) is 5.75. The fourth-order valence-electron chi connectivity index (χ4n) is 1.84. The first kappa shape index (κ1) is 14.1. The smallest absolute Gasteiger partial charge is 0.128 e. The number of anilines is 2. The van der Waals surface area contributed by atoms with Crippen LogP contribution in [0.25, 0.3) is 0 Å². The van der Waals surface area contributed by atoms with Gasteiger partial charge in [0.2, 0.25) is 0 Å². The first-order valence-corrected chi connectivity index (χ1v) is 6.62. The van der Waals surface area contributed by atoms with Crippen molar-refractivity contribution >= 4 is 39.0 Å². The summed E-state index contributed by atoms with van der Waals surface area (Å²) in [5.74, 6) is 5.98. The number of pyridine rings is 1. The Morgan fingerprint density at radius 3 is 2.63 bits per heavy atom. The molecule has 0 spiro atoms. The zero-order valence-electron chi connectivity index (χ0n) is 9.90. The zero-order valence-corrected chi connectivity index (χ0v) is 12.2. The molecule has 7 N–H and O–H groups in total. The summed E-state index contributed by atoms with van der Waals surface area (Å²) in [4.78, 5) is 4.02. The van der Waals surface area contributed by atoms with Gasteiger partial charge < -0.3 is 11.5 Å². The summed E-state index contributed by atoms with van der Waals surface area (Å²) in [6.07, 6.45) is 1.48. The van der Waals surface area contributed by atoms with E-state index in [9.17, 15) is 0 Å². The highest BCUT2D eigenvalue weighted by molar-refractivity contribution is 9.10. The maximum atomic E-state index is 5.98. The van der Waals surface area contributed by atoms with E-state index in [1.165, 1.54) is 6.20 Å². The van der Waals surface area contributed by atoms with E-state index >= 15 is 0 Å². The Morgan fingerprint density at radius 2 is 1.95 bits per heavy atom. The number of halogens is 2. The Kier molecular flexibility index (Phi) is 4.26. The summed E-state index contributed by atoms with van der Waals surface area (Å²) in [6.45, 7) is 0. The van der Waals surface area contributed by atoms with Gasteiger partial charge in [-0.05, 0) is 29.8 Å². The SMILES string of the molecule is NNC(c1cc(Br)ccc1N)c1cc(Cl)cnc1N. The predicted octanol–water partition coefficient (Wildman–Crippen LogP) is 2.21. The quantitative estimate of drug-likeness (QED) is 0.389. The third-order valence-electron chi connectivity index (χ3n) is 2.75. The number of hydrogen-bond acceptors (Lipinski definition) is 5. The van der Waals surface area contributed by atoms with Gasteiger partial charge >= 0.3 is 0 Å². The molecule has 100 valence electrons. The minimum atomic E-state index is -0.385.